The average molecular weight is 260 g/mol. The number of nitrogens with one attached hydrogen (secondary N) is 1. The molecule has 0 aromatic heterocycles. The molecule has 0 amide bonds. The molecular formula is C11H15BrFN. The quantitative estimate of drug-likeness (QED) is 0.569. The minimum absolute atomic E-state index is 0.448. The van der Waals surface area contributed by atoms with Gasteiger partial charge in [0.2, 0.25) is 0 Å². The average Bonchev–Trinajstić information content (AvgIpc) is 2.17. The van der Waals surface area contributed by atoms with Crippen molar-refractivity contribution in [1.82, 2.24) is 5.32 Å². The van der Waals surface area contributed by atoms with E-state index in [4.69, 9.17) is 0 Å². The first-order valence-electron chi connectivity index (χ1n) is 4.29. The van der Waals surface area contributed by atoms with Crippen molar-refractivity contribution in [3.63, 3.8) is 0 Å². The Balaban J connectivity index is 4.83. The van der Waals surface area contributed by atoms with Crippen LogP contribution in [0, 0.1) is 0 Å². The molecular weight excluding hydrogens is 245 g/mol. The molecule has 0 unspecified atom stereocenters. The molecule has 0 aliphatic heterocycles. The molecule has 1 N–H and O–H groups in total. The lowest BCUT2D eigenvalue weighted by molar-refractivity contribution is 0.657. The Hall–Kier alpha value is -0.830. The van der Waals surface area contributed by atoms with Gasteiger partial charge in [-0.25, -0.2) is 4.39 Å². The Kier molecular flexibility index (Phi) is 7.11. The molecule has 0 saturated carbocycles. The van der Waals surface area contributed by atoms with E-state index in [1.807, 2.05) is 6.08 Å². The van der Waals surface area contributed by atoms with Crippen LogP contribution in [0.15, 0.2) is 48.5 Å². The number of allylic oxidation sites excluding steroid dienone is 5. The molecule has 0 atom stereocenters. The summed E-state index contributed by atoms with van der Waals surface area (Å²) in [5.74, 6) is -0.458. The lowest BCUT2D eigenvalue weighted by atomic mass is 10.1. The van der Waals surface area contributed by atoms with Crippen molar-refractivity contribution < 1.29 is 4.39 Å². The maximum absolute atomic E-state index is 13.0. The molecule has 0 bridgehead atoms. The zero-order chi connectivity index (χ0) is 11.0. The highest BCUT2D eigenvalue weighted by molar-refractivity contribution is 9.09. The van der Waals surface area contributed by atoms with Crippen LogP contribution >= 0.6 is 15.9 Å². The maximum Gasteiger partial charge on any atom is 0.125 e. The molecule has 3 heteroatoms. The molecule has 1 nitrogen and oxygen atoms in total. The predicted molar refractivity (Wildman–Crippen MR) is 64.1 cm³/mol. The van der Waals surface area contributed by atoms with E-state index in [1.54, 1.807) is 19.2 Å². The van der Waals surface area contributed by atoms with Gasteiger partial charge in [0.15, 0.2) is 0 Å². The monoisotopic (exact) mass is 259 g/mol. The topological polar surface area (TPSA) is 12.0 Å². The van der Waals surface area contributed by atoms with Gasteiger partial charge in [0, 0.05) is 23.6 Å². The molecule has 0 spiro atoms. The van der Waals surface area contributed by atoms with Gasteiger partial charge in [0.25, 0.3) is 0 Å². The van der Waals surface area contributed by atoms with Crippen LogP contribution in [0.1, 0.15) is 6.42 Å². The van der Waals surface area contributed by atoms with Crippen LogP contribution in [-0.2, 0) is 0 Å². The minimum Gasteiger partial charge on any atom is -0.388 e. The van der Waals surface area contributed by atoms with E-state index >= 15 is 0 Å². The third-order valence-corrected chi connectivity index (χ3v) is 2.07. The van der Waals surface area contributed by atoms with Crippen LogP contribution in [-0.4, -0.2) is 12.4 Å². The number of hydrogen-bond donors (Lipinski definition) is 1. The van der Waals surface area contributed by atoms with Crippen LogP contribution in [0.2, 0.25) is 0 Å². The van der Waals surface area contributed by atoms with Crippen molar-refractivity contribution in [2.75, 3.05) is 12.4 Å². The fourth-order valence-electron chi connectivity index (χ4n) is 0.937. The smallest absolute Gasteiger partial charge is 0.125 e. The molecule has 0 radical (unpaired) electrons. The van der Waals surface area contributed by atoms with Crippen molar-refractivity contribution in [2.45, 2.75) is 6.42 Å². The molecule has 0 fully saturated rings. The Morgan fingerprint density at radius 1 is 1.57 bits per heavy atom. The van der Waals surface area contributed by atoms with Crippen LogP contribution in [0.25, 0.3) is 0 Å². The van der Waals surface area contributed by atoms with Gasteiger partial charge in [-0.15, -0.1) is 0 Å². The highest BCUT2D eigenvalue weighted by Crippen LogP contribution is 2.15. The van der Waals surface area contributed by atoms with Gasteiger partial charge in [0.05, 0.1) is 0 Å². The van der Waals surface area contributed by atoms with E-state index in [-0.39, 0.29) is 0 Å². The summed E-state index contributed by atoms with van der Waals surface area (Å²) in [6.07, 6.45) is 6.01. The molecule has 0 rings (SSSR count). The lowest BCUT2D eigenvalue weighted by Crippen LogP contribution is -2.06. The highest BCUT2D eigenvalue weighted by atomic mass is 79.9. The molecule has 0 aliphatic rings. The van der Waals surface area contributed by atoms with Crippen molar-refractivity contribution in [3.05, 3.63) is 48.5 Å². The molecule has 0 aromatic rings. The standard InChI is InChI=1S/C11H15BrFN/c1-4-11(14-3)10(9(2)13)7-5-6-8-12/h4-5,7,14H,1-2,6,8H2,3H3/b7-5-,11-10+. The van der Waals surface area contributed by atoms with E-state index in [2.05, 4.69) is 34.4 Å². The highest BCUT2D eigenvalue weighted by Gasteiger charge is 2.02. The van der Waals surface area contributed by atoms with Crippen molar-refractivity contribution >= 4 is 15.9 Å². The fourth-order valence-corrected chi connectivity index (χ4v) is 1.20. The SMILES string of the molecule is C=C/C(NC)=C(/C=C\CCBr)C(=C)F. The lowest BCUT2D eigenvalue weighted by Gasteiger charge is -2.05. The number of halogens is 2. The molecule has 0 aromatic carbocycles. The number of rotatable bonds is 6. The molecule has 0 saturated heterocycles. The Labute approximate surface area is 93.2 Å². The van der Waals surface area contributed by atoms with Gasteiger partial charge in [-0.3, -0.25) is 0 Å². The van der Waals surface area contributed by atoms with E-state index in [9.17, 15) is 4.39 Å². The fraction of sp³-hybridized carbons (Fsp3) is 0.273. The summed E-state index contributed by atoms with van der Waals surface area (Å²) in [7, 11) is 1.72. The summed E-state index contributed by atoms with van der Waals surface area (Å²) in [5.41, 5.74) is 1.09. The summed E-state index contributed by atoms with van der Waals surface area (Å²) >= 11 is 3.29. The molecule has 78 valence electrons. The van der Waals surface area contributed by atoms with E-state index in [0.717, 1.165) is 11.8 Å². The van der Waals surface area contributed by atoms with Gasteiger partial charge in [-0.2, -0.15) is 0 Å². The summed E-state index contributed by atoms with van der Waals surface area (Å²) < 4.78 is 13.0. The Morgan fingerprint density at radius 2 is 2.21 bits per heavy atom. The summed E-state index contributed by atoms with van der Waals surface area (Å²) in [6.45, 7) is 6.87. The predicted octanol–water partition coefficient (Wildman–Crippen LogP) is 3.47. The summed E-state index contributed by atoms with van der Waals surface area (Å²) in [5, 5.41) is 3.72. The summed E-state index contributed by atoms with van der Waals surface area (Å²) in [6, 6.07) is 0. The van der Waals surface area contributed by atoms with Crippen molar-refractivity contribution in [2.24, 2.45) is 0 Å². The first kappa shape index (κ1) is 13.2. The van der Waals surface area contributed by atoms with Crippen LogP contribution in [0.5, 0.6) is 0 Å². The van der Waals surface area contributed by atoms with Gasteiger partial charge < -0.3 is 5.32 Å². The minimum atomic E-state index is -0.458. The Morgan fingerprint density at radius 3 is 2.57 bits per heavy atom. The van der Waals surface area contributed by atoms with Gasteiger partial charge in [-0.1, -0.05) is 41.2 Å². The summed E-state index contributed by atoms with van der Waals surface area (Å²) in [4.78, 5) is 0. The largest absolute Gasteiger partial charge is 0.388 e. The van der Waals surface area contributed by atoms with Crippen LogP contribution in [0.3, 0.4) is 0 Å². The number of alkyl halides is 1. The first-order valence-corrected chi connectivity index (χ1v) is 5.41. The second kappa shape index (κ2) is 7.56. The zero-order valence-corrected chi connectivity index (χ0v) is 9.90. The third kappa shape index (κ3) is 4.42. The van der Waals surface area contributed by atoms with Crippen LogP contribution in [0.4, 0.5) is 4.39 Å². The van der Waals surface area contributed by atoms with Gasteiger partial charge in [-0.05, 0) is 12.5 Å². The van der Waals surface area contributed by atoms with E-state index in [0.29, 0.717) is 11.3 Å². The number of likely N-dealkylation sites (N-methyl/N-ethyl adjacent to an activating group) is 1. The zero-order valence-electron chi connectivity index (χ0n) is 8.32. The Bertz CT molecular complexity index is 266. The van der Waals surface area contributed by atoms with E-state index in [1.165, 1.54) is 0 Å². The second-order valence-corrected chi connectivity index (χ2v) is 3.36. The molecule has 0 aliphatic carbocycles. The van der Waals surface area contributed by atoms with Gasteiger partial charge >= 0.3 is 0 Å². The van der Waals surface area contributed by atoms with Gasteiger partial charge in [0.1, 0.15) is 5.83 Å². The normalized spacial score (nSPS) is 12.5. The second-order valence-electron chi connectivity index (χ2n) is 2.57. The molecule has 14 heavy (non-hydrogen) atoms. The molecule has 0 heterocycles. The first-order chi connectivity index (χ1) is 6.67. The number of hydrogen-bond acceptors (Lipinski definition) is 1. The van der Waals surface area contributed by atoms with Crippen molar-refractivity contribution in [3.8, 4) is 0 Å². The third-order valence-electron chi connectivity index (χ3n) is 1.62. The maximum atomic E-state index is 13.0. The van der Waals surface area contributed by atoms with Crippen molar-refractivity contribution in [1.29, 1.82) is 0 Å². The van der Waals surface area contributed by atoms with Crippen LogP contribution < -0.4 is 5.32 Å². The van der Waals surface area contributed by atoms with E-state index < -0.39 is 5.83 Å².